The highest BCUT2D eigenvalue weighted by Crippen LogP contribution is 2.44. The molecule has 0 bridgehead atoms. The Labute approximate surface area is 228 Å². The number of halogens is 2. The summed E-state index contributed by atoms with van der Waals surface area (Å²) >= 11 is 7.84. The number of sulfonamides is 1. The number of fused-ring (bicyclic) bond motifs is 3. The molecule has 3 aliphatic rings. The van der Waals surface area contributed by atoms with Crippen LogP contribution >= 0.6 is 23.4 Å². The second-order valence-electron chi connectivity index (χ2n) is 9.67. The van der Waals surface area contributed by atoms with E-state index in [9.17, 15) is 13.2 Å². The average Bonchev–Trinajstić information content (AvgIpc) is 3.51. The molecule has 1 amide bonds. The lowest BCUT2D eigenvalue weighted by Crippen LogP contribution is -2.44. The summed E-state index contributed by atoms with van der Waals surface area (Å²) in [7, 11) is -3.52. The van der Waals surface area contributed by atoms with Crippen LogP contribution in [0, 0.1) is 5.82 Å². The van der Waals surface area contributed by atoms with Crippen LogP contribution in [0.4, 0.5) is 10.2 Å². The molecule has 200 valence electrons. The van der Waals surface area contributed by atoms with Gasteiger partial charge in [0.2, 0.25) is 10.0 Å². The van der Waals surface area contributed by atoms with Gasteiger partial charge in [-0.15, -0.1) is 0 Å². The van der Waals surface area contributed by atoms with E-state index >= 15 is 4.39 Å². The number of imidazole rings is 1. The number of anilines is 1. The molecule has 0 radical (unpaired) electrons. The number of carbonyl (C=O) groups excluding carboxylic acids is 1. The largest absolute Gasteiger partial charge is 0.481 e. The van der Waals surface area contributed by atoms with Crippen LogP contribution in [-0.2, 0) is 27.8 Å². The second kappa shape index (κ2) is 9.73. The summed E-state index contributed by atoms with van der Waals surface area (Å²) in [6.07, 6.45) is 3.71. The maximum Gasteiger partial charge on any atom is 0.261 e. The van der Waals surface area contributed by atoms with Gasteiger partial charge in [-0.1, -0.05) is 35.5 Å². The third-order valence-electron chi connectivity index (χ3n) is 6.90. The third-order valence-corrected chi connectivity index (χ3v) is 8.71. The van der Waals surface area contributed by atoms with Crippen LogP contribution in [0.2, 0.25) is 5.15 Å². The zero-order valence-electron chi connectivity index (χ0n) is 20.5. The number of nitrogens with zero attached hydrogens (tertiary/aromatic N) is 4. The highest BCUT2D eigenvalue weighted by Gasteiger charge is 2.39. The van der Waals surface area contributed by atoms with Crippen LogP contribution in [0.5, 0.6) is 5.75 Å². The fraction of sp³-hybridized carbons (Fsp3) is 0.400. The van der Waals surface area contributed by atoms with Crippen LogP contribution in [0.1, 0.15) is 47.3 Å². The van der Waals surface area contributed by atoms with Crippen molar-refractivity contribution in [2.45, 2.75) is 42.9 Å². The van der Waals surface area contributed by atoms with E-state index in [0.29, 0.717) is 24.4 Å². The first-order valence-corrected chi connectivity index (χ1v) is 15.5. The molecule has 4 heterocycles. The monoisotopic (exact) mass is 577 g/mol. The number of thioether (sulfide) groups is 1. The standard InChI is InChI=1S/C25H25ClFN5O4S2/c1-38(34,35)30-20-7-6-19(24(26)29-20)36-13-21(33)31-9-8-18-23(32-10-11-37-25(32)28-18)22(31)16-5-4-15(12-17(16)27)14-2-3-14/h4-7,12,14,22H,2-3,8-11,13H2,1H3,(H,29,30). The molecule has 1 N–H and O–H groups in total. The molecule has 0 spiro atoms. The van der Waals surface area contributed by atoms with E-state index in [1.807, 2.05) is 6.07 Å². The summed E-state index contributed by atoms with van der Waals surface area (Å²) in [5.41, 5.74) is 3.19. The molecule has 1 aliphatic carbocycles. The molecule has 1 fully saturated rings. The van der Waals surface area contributed by atoms with Crippen molar-refractivity contribution in [3.05, 3.63) is 63.8 Å². The lowest BCUT2D eigenvalue weighted by molar-refractivity contribution is -0.135. The molecule has 2 aromatic heterocycles. The third kappa shape index (κ3) is 4.96. The van der Waals surface area contributed by atoms with Crippen LogP contribution < -0.4 is 9.46 Å². The normalized spacial score (nSPS) is 18.7. The zero-order valence-corrected chi connectivity index (χ0v) is 22.9. The van der Waals surface area contributed by atoms with Crippen molar-refractivity contribution >= 4 is 45.1 Å². The predicted octanol–water partition coefficient (Wildman–Crippen LogP) is 3.98. The number of rotatable bonds is 7. The van der Waals surface area contributed by atoms with Crippen LogP contribution in [0.25, 0.3) is 0 Å². The molecule has 1 atom stereocenters. The van der Waals surface area contributed by atoms with Crippen molar-refractivity contribution in [3.63, 3.8) is 0 Å². The van der Waals surface area contributed by atoms with E-state index in [4.69, 9.17) is 21.3 Å². The topological polar surface area (TPSA) is 106 Å². The Hall–Kier alpha value is -2.83. The second-order valence-corrected chi connectivity index (χ2v) is 12.8. The molecule has 1 aromatic carbocycles. The van der Waals surface area contributed by atoms with Gasteiger partial charge < -0.3 is 14.2 Å². The predicted molar refractivity (Wildman–Crippen MR) is 142 cm³/mol. The smallest absolute Gasteiger partial charge is 0.261 e. The Kier molecular flexibility index (Phi) is 6.51. The number of nitrogens with one attached hydrogen (secondary N) is 1. The minimum atomic E-state index is -3.52. The molecule has 1 unspecified atom stereocenters. The van der Waals surface area contributed by atoms with Gasteiger partial charge >= 0.3 is 0 Å². The van der Waals surface area contributed by atoms with E-state index < -0.39 is 16.1 Å². The summed E-state index contributed by atoms with van der Waals surface area (Å²) in [5.74, 6) is 0.820. The number of carbonyl (C=O) groups is 1. The molecular weight excluding hydrogens is 553 g/mol. The molecule has 9 nitrogen and oxygen atoms in total. The quantitative estimate of drug-likeness (QED) is 0.423. The van der Waals surface area contributed by atoms with Crippen molar-refractivity contribution in [1.82, 2.24) is 19.4 Å². The summed E-state index contributed by atoms with van der Waals surface area (Å²) in [5, 5.41) is 0.817. The number of hydrogen-bond acceptors (Lipinski definition) is 7. The Morgan fingerprint density at radius 1 is 1.24 bits per heavy atom. The van der Waals surface area contributed by atoms with Crippen molar-refractivity contribution < 1.29 is 22.3 Å². The van der Waals surface area contributed by atoms with Gasteiger partial charge in [0.05, 0.1) is 17.6 Å². The molecule has 0 saturated heterocycles. The van der Waals surface area contributed by atoms with Gasteiger partial charge in [-0.05, 0) is 42.5 Å². The van der Waals surface area contributed by atoms with Crippen molar-refractivity contribution in [3.8, 4) is 5.75 Å². The zero-order chi connectivity index (χ0) is 26.6. The highest BCUT2D eigenvalue weighted by atomic mass is 35.5. The van der Waals surface area contributed by atoms with Crippen LogP contribution in [-0.4, -0.2) is 58.9 Å². The Balaban J connectivity index is 1.28. The van der Waals surface area contributed by atoms with Gasteiger partial charge in [0, 0.05) is 30.8 Å². The molecule has 38 heavy (non-hydrogen) atoms. The van der Waals surface area contributed by atoms with Gasteiger partial charge in [0.25, 0.3) is 5.91 Å². The number of hydrogen-bond donors (Lipinski definition) is 1. The maximum absolute atomic E-state index is 15.6. The van der Waals surface area contributed by atoms with E-state index in [1.54, 1.807) is 28.8 Å². The first-order valence-electron chi connectivity index (χ1n) is 12.3. The minimum absolute atomic E-state index is 0.0392. The Morgan fingerprint density at radius 3 is 2.76 bits per heavy atom. The first kappa shape index (κ1) is 25.4. The number of pyridine rings is 1. The van der Waals surface area contributed by atoms with Crippen LogP contribution in [0.3, 0.4) is 0 Å². The molecule has 13 heteroatoms. The summed E-state index contributed by atoms with van der Waals surface area (Å²) in [6, 6.07) is 7.59. The summed E-state index contributed by atoms with van der Waals surface area (Å²) in [4.78, 5) is 23.9. The Bertz CT molecular complexity index is 1540. The van der Waals surface area contributed by atoms with Crippen molar-refractivity contribution in [2.24, 2.45) is 0 Å². The number of aromatic nitrogens is 3. The lowest BCUT2D eigenvalue weighted by Gasteiger charge is -2.36. The lowest BCUT2D eigenvalue weighted by atomic mass is 9.93. The van der Waals surface area contributed by atoms with Gasteiger partial charge in [-0.3, -0.25) is 9.52 Å². The number of ether oxygens (including phenoxy) is 1. The van der Waals surface area contributed by atoms with E-state index in [-0.39, 0.29) is 35.1 Å². The van der Waals surface area contributed by atoms with Crippen LogP contribution in [0.15, 0.2) is 35.5 Å². The highest BCUT2D eigenvalue weighted by molar-refractivity contribution is 7.99. The summed E-state index contributed by atoms with van der Waals surface area (Å²) < 4.78 is 48.5. The minimum Gasteiger partial charge on any atom is -0.481 e. The Morgan fingerprint density at radius 2 is 2.05 bits per heavy atom. The summed E-state index contributed by atoms with van der Waals surface area (Å²) in [6.45, 7) is 0.784. The van der Waals surface area contributed by atoms with Crippen molar-refractivity contribution in [1.29, 1.82) is 0 Å². The van der Waals surface area contributed by atoms with E-state index in [0.717, 1.165) is 53.5 Å². The van der Waals surface area contributed by atoms with Gasteiger partial charge in [-0.2, -0.15) is 0 Å². The van der Waals surface area contributed by atoms with Gasteiger partial charge in [-0.25, -0.2) is 22.8 Å². The molecule has 2 aliphatic heterocycles. The van der Waals surface area contributed by atoms with Gasteiger partial charge in [0.15, 0.2) is 22.7 Å². The van der Waals surface area contributed by atoms with E-state index in [1.165, 1.54) is 12.1 Å². The molecule has 1 saturated carbocycles. The number of amides is 1. The molecule has 6 rings (SSSR count). The van der Waals surface area contributed by atoms with Crippen molar-refractivity contribution in [2.75, 3.05) is 29.9 Å². The average molecular weight is 578 g/mol. The maximum atomic E-state index is 15.6. The number of benzene rings is 1. The van der Waals surface area contributed by atoms with Gasteiger partial charge in [0.1, 0.15) is 17.7 Å². The fourth-order valence-electron chi connectivity index (χ4n) is 5.06. The molecular formula is C25H25ClFN5O4S2. The van der Waals surface area contributed by atoms with E-state index in [2.05, 4.69) is 14.3 Å². The fourth-order valence-corrected chi connectivity index (χ4v) is 6.74. The SMILES string of the molecule is CS(=O)(=O)Nc1ccc(OCC(=O)N2CCc3nc4n(c3C2c2ccc(C3CC3)cc2F)CCS4)c(Cl)n1. The first-order chi connectivity index (χ1) is 18.2. The molecule has 3 aromatic rings.